The fourth-order valence-electron chi connectivity index (χ4n) is 3.71. The Kier molecular flexibility index (Phi) is 7.25. The first-order valence-electron chi connectivity index (χ1n) is 10.1. The number of piperidine rings is 1. The van der Waals surface area contributed by atoms with Crippen molar-refractivity contribution in [1.82, 2.24) is 4.31 Å². The number of carbonyl (C=O) groups is 2. The van der Waals surface area contributed by atoms with Gasteiger partial charge in [-0.25, -0.2) is 22.0 Å². The Balaban J connectivity index is 1.60. The van der Waals surface area contributed by atoms with Crippen molar-refractivity contribution < 1.29 is 31.5 Å². The Labute approximate surface area is 185 Å². The van der Waals surface area contributed by atoms with Crippen LogP contribution in [0.25, 0.3) is 0 Å². The van der Waals surface area contributed by atoms with Gasteiger partial charge in [0, 0.05) is 19.2 Å². The fraction of sp³-hybridized carbons (Fsp3) is 0.364. The third-order valence-corrected chi connectivity index (χ3v) is 6.95. The number of amides is 1. The van der Waals surface area contributed by atoms with Gasteiger partial charge in [-0.3, -0.25) is 4.79 Å². The molecule has 0 unspecified atom stereocenters. The lowest BCUT2D eigenvalue weighted by atomic mass is 9.94. The number of carbonyl (C=O) groups excluding carboxylic acids is 2. The lowest BCUT2D eigenvalue weighted by molar-refractivity contribution is -0.119. The van der Waals surface area contributed by atoms with Gasteiger partial charge in [0.05, 0.1) is 16.1 Å². The van der Waals surface area contributed by atoms with Crippen molar-refractivity contribution in [3.8, 4) is 0 Å². The molecule has 0 saturated carbocycles. The minimum absolute atomic E-state index is 0.0501. The number of rotatable bonds is 6. The average molecular weight is 467 g/mol. The zero-order valence-electron chi connectivity index (χ0n) is 17.7. The molecule has 32 heavy (non-hydrogen) atoms. The SMILES string of the molecule is C[C@H]1C[C@H](C)CN(S(=O)(=O)c2ccc(C(=O)OCC(=O)Nc3cc(F)ccc3F)cc2)C1. The van der Waals surface area contributed by atoms with Crippen molar-refractivity contribution >= 4 is 27.6 Å². The molecule has 0 spiro atoms. The highest BCUT2D eigenvalue weighted by molar-refractivity contribution is 7.89. The number of benzene rings is 2. The average Bonchev–Trinajstić information content (AvgIpc) is 2.74. The van der Waals surface area contributed by atoms with Crippen LogP contribution in [-0.4, -0.2) is 44.3 Å². The maximum absolute atomic E-state index is 13.6. The smallest absolute Gasteiger partial charge is 0.338 e. The molecule has 0 radical (unpaired) electrons. The van der Waals surface area contributed by atoms with Crippen LogP contribution in [0.4, 0.5) is 14.5 Å². The van der Waals surface area contributed by atoms with E-state index in [0.717, 1.165) is 24.6 Å². The van der Waals surface area contributed by atoms with Gasteiger partial charge in [-0.15, -0.1) is 0 Å². The molecule has 1 aliphatic rings. The molecule has 3 rings (SSSR count). The predicted molar refractivity (Wildman–Crippen MR) is 113 cm³/mol. The molecule has 1 amide bonds. The normalized spacial score (nSPS) is 19.4. The van der Waals surface area contributed by atoms with E-state index in [1.54, 1.807) is 0 Å². The van der Waals surface area contributed by atoms with Crippen molar-refractivity contribution in [1.29, 1.82) is 0 Å². The third-order valence-electron chi connectivity index (χ3n) is 5.10. The highest BCUT2D eigenvalue weighted by Crippen LogP contribution is 2.26. The van der Waals surface area contributed by atoms with E-state index in [9.17, 15) is 26.8 Å². The van der Waals surface area contributed by atoms with E-state index in [2.05, 4.69) is 5.32 Å². The van der Waals surface area contributed by atoms with E-state index in [4.69, 9.17) is 4.74 Å². The van der Waals surface area contributed by atoms with E-state index >= 15 is 0 Å². The van der Waals surface area contributed by atoms with Gasteiger partial charge in [0.1, 0.15) is 11.6 Å². The van der Waals surface area contributed by atoms with Crippen LogP contribution in [0.1, 0.15) is 30.6 Å². The molecule has 2 aromatic rings. The Morgan fingerprint density at radius 2 is 1.69 bits per heavy atom. The summed E-state index contributed by atoms with van der Waals surface area (Å²) in [4.78, 5) is 24.1. The van der Waals surface area contributed by atoms with Crippen LogP contribution >= 0.6 is 0 Å². The minimum atomic E-state index is -3.69. The number of halogens is 2. The van der Waals surface area contributed by atoms with Crippen LogP contribution in [-0.2, 0) is 19.6 Å². The molecule has 172 valence electrons. The van der Waals surface area contributed by atoms with Gasteiger partial charge >= 0.3 is 5.97 Å². The molecule has 1 saturated heterocycles. The second-order valence-electron chi connectivity index (χ2n) is 8.04. The van der Waals surface area contributed by atoms with E-state index in [1.807, 2.05) is 13.8 Å². The van der Waals surface area contributed by atoms with E-state index < -0.39 is 40.1 Å². The number of hydrogen-bond acceptors (Lipinski definition) is 5. The quantitative estimate of drug-likeness (QED) is 0.659. The molecule has 1 N–H and O–H groups in total. The Bertz CT molecular complexity index is 1100. The Morgan fingerprint density at radius 3 is 2.31 bits per heavy atom. The van der Waals surface area contributed by atoms with Crippen LogP contribution in [0.15, 0.2) is 47.4 Å². The zero-order chi connectivity index (χ0) is 23.5. The van der Waals surface area contributed by atoms with Crippen LogP contribution in [0.5, 0.6) is 0 Å². The summed E-state index contributed by atoms with van der Waals surface area (Å²) in [7, 11) is -3.69. The molecule has 0 bridgehead atoms. The minimum Gasteiger partial charge on any atom is -0.452 e. The number of anilines is 1. The summed E-state index contributed by atoms with van der Waals surface area (Å²) >= 11 is 0. The highest BCUT2D eigenvalue weighted by atomic mass is 32.2. The summed E-state index contributed by atoms with van der Waals surface area (Å²) in [5.41, 5.74) is -0.323. The van der Waals surface area contributed by atoms with Gasteiger partial charge in [-0.2, -0.15) is 4.31 Å². The first-order chi connectivity index (χ1) is 15.1. The third kappa shape index (κ3) is 5.68. The molecule has 0 aromatic heterocycles. The number of nitrogens with one attached hydrogen (secondary N) is 1. The van der Waals surface area contributed by atoms with Gasteiger partial charge in [0.25, 0.3) is 5.91 Å². The monoisotopic (exact) mass is 466 g/mol. The largest absolute Gasteiger partial charge is 0.452 e. The van der Waals surface area contributed by atoms with Gasteiger partial charge < -0.3 is 10.1 Å². The first-order valence-corrected chi connectivity index (χ1v) is 11.5. The summed E-state index contributed by atoms with van der Waals surface area (Å²) < 4.78 is 58.8. The van der Waals surface area contributed by atoms with Crippen LogP contribution in [0.3, 0.4) is 0 Å². The van der Waals surface area contributed by atoms with Gasteiger partial charge in [-0.1, -0.05) is 13.8 Å². The lowest BCUT2D eigenvalue weighted by Crippen LogP contribution is -2.42. The summed E-state index contributed by atoms with van der Waals surface area (Å²) in [5.74, 6) is -2.76. The van der Waals surface area contributed by atoms with E-state index in [1.165, 1.54) is 28.6 Å². The van der Waals surface area contributed by atoms with Crippen molar-refractivity contribution in [3.05, 3.63) is 59.7 Å². The van der Waals surface area contributed by atoms with Gasteiger partial charge in [-0.05, 0) is 54.7 Å². The van der Waals surface area contributed by atoms with Crippen molar-refractivity contribution in [2.75, 3.05) is 25.0 Å². The van der Waals surface area contributed by atoms with Crippen LogP contribution in [0.2, 0.25) is 0 Å². The lowest BCUT2D eigenvalue weighted by Gasteiger charge is -2.34. The number of sulfonamides is 1. The Morgan fingerprint density at radius 1 is 1.06 bits per heavy atom. The Hall–Kier alpha value is -2.85. The second kappa shape index (κ2) is 9.74. The summed E-state index contributed by atoms with van der Waals surface area (Å²) in [6, 6.07) is 7.81. The summed E-state index contributed by atoms with van der Waals surface area (Å²) in [6.07, 6.45) is 0.968. The molecule has 7 nitrogen and oxygen atoms in total. The highest BCUT2D eigenvalue weighted by Gasteiger charge is 2.31. The number of nitrogens with zero attached hydrogens (tertiary/aromatic N) is 1. The molecular formula is C22H24F2N2O5S. The first kappa shape index (κ1) is 23.8. The number of ether oxygens (including phenoxy) is 1. The van der Waals surface area contributed by atoms with Gasteiger partial charge in [0.2, 0.25) is 10.0 Å². The number of hydrogen-bond donors (Lipinski definition) is 1. The molecule has 10 heteroatoms. The topological polar surface area (TPSA) is 92.8 Å². The maximum atomic E-state index is 13.6. The van der Waals surface area contributed by atoms with E-state index in [-0.39, 0.29) is 28.0 Å². The number of esters is 1. The molecule has 1 fully saturated rings. The van der Waals surface area contributed by atoms with Crippen molar-refractivity contribution in [3.63, 3.8) is 0 Å². The second-order valence-corrected chi connectivity index (χ2v) is 9.98. The summed E-state index contributed by atoms with van der Waals surface area (Å²) in [6.45, 7) is 4.18. The predicted octanol–water partition coefficient (Wildman–Crippen LogP) is 3.43. The van der Waals surface area contributed by atoms with Crippen molar-refractivity contribution in [2.45, 2.75) is 25.2 Å². The maximum Gasteiger partial charge on any atom is 0.338 e. The molecular weight excluding hydrogens is 442 g/mol. The summed E-state index contributed by atoms with van der Waals surface area (Å²) in [5, 5.41) is 2.11. The van der Waals surface area contributed by atoms with Gasteiger partial charge in [0.15, 0.2) is 6.61 Å². The standard InChI is InChI=1S/C22H24F2N2O5S/c1-14-9-15(2)12-26(11-14)32(29,30)18-6-3-16(4-7-18)22(28)31-13-21(27)25-20-10-17(23)5-8-19(20)24/h3-8,10,14-15H,9,11-13H2,1-2H3,(H,25,27)/t14-,15-/m0/s1. The molecule has 0 aliphatic carbocycles. The molecule has 1 aliphatic heterocycles. The molecule has 2 atom stereocenters. The van der Waals surface area contributed by atoms with Crippen LogP contribution in [0, 0.1) is 23.5 Å². The van der Waals surface area contributed by atoms with E-state index in [0.29, 0.717) is 13.1 Å². The fourth-order valence-corrected chi connectivity index (χ4v) is 5.39. The molecule has 1 heterocycles. The molecule has 2 aromatic carbocycles. The van der Waals surface area contributed by atoms with Crippen LogP contribution < -0.4 is 5.32 Å². The van der Waals surface area contributed by atoms with Crippen molar-refractivity contribution in [2.24, 2.45) is 11.8 Å². The zero-order valence-corrected chi connectivity index (χ0v) is 18.5.